The minimum atomic E-state index is -0.277. The van der Waals surface area contributed by atoms with Crippen molar-refractivity contribution in [1.82, 2.24) is 19.9 Å². The maximum atomic E-state index is 13.3. The van der Waals surface area contributed by atoms with Gasteiger partial charge in [0, 0.05) is 24.8 Å². The first-order chi connectivity index (χ1) is 13.7. The highest BCUT2D eigenvalue weighted by molar-refractivity contribution is 5.97. The van der Waals surface area contributed by atoms with Gasteiger partial charge in [-0.05, 0) is 48.4 Å². The van der Waals surface area contributed by atoms with Crippen molar-refractivity contribution in [1.29, 1.82) is 0 Å². The Labute approximate surface area is 161 Å². The van der Waals surface area contributed by atoms with Crippen LogP contribution in [0.15, 0.2) is 54.9 Å². The van der Waals surface area contributed by atoms with Crippen molar-refractivity contribution in [3.05, 3.63) is 60.7 Å². The van der Waals surface area contributed by atoms with E-state index in [4.69, 9.17) is 4.74 Å². The molecule has 140 valence electrons. The zero-order valence-electron chi connectivity index (χ0n) is 15.5. The molecule has 1 N–H and O–H groups in total. The van der Waals surface area contributed by atoms with Gasteiger partial charge < -0.3 is 10.1 Å². The van der Waals surface area contributed by atoms with Crippen LogP contribution in [0.2, 0.25) is 0 Å². The molecule has 2 heterocycles. The molecule has 0 saturated carbocycles. The van der Waals surface area contributed by atoms with Gasteiger partial charge in [0.2, 0.25) is 0 Å². The van der Waals surface area contributed by atoms with Gasteiger partial charge in [-0.2, -0.15) is 0 Å². The molecule has 0 aliphatic rings. The topological polar surface area (TPSA) is 72.8 Å². The summed E-state index contributed by atoms with van der Waals surface area (Å²) in [7, 11) is 1.79. The number of benzene rings is 2. The van der Waals surface area contributed by atoms with Crippen LogP contribution in [0.3, 0.4) is 0 Å². The summed E-state index contributed by atoms with van der Waals surface area (Å²) in [6.07, 6.45) is 3.30. The third-order valence-corrected chi connectivity index (χ3v) is 4.25. The highest BCUT2D eigenvalue weighted by Gasteiger charge is 2.16. The smallest absolute Gasteiger partial charge is 0.200 e. The largest absolute Gasteiger partial charge is 0.492 e. The van der Waals surface area contributed by atoms with Gasteiger partial charge in [-0.3, -0.25) is 0 Å². The molecule has 0 fully saturated rings. The van der Waals surface area contributed by atoms with Crippen LogP contribution in [0.5, 0.6) is 5.75 Å². The molecule has 0 spiro atoms. The van der Waals surface area contributed by atoms with Gasteiger partial charge in [0.1, 0.15) is 22.9 Å². The van der Waals surface area contributed by atoms with Gasteiger partial charge in [-0.1, -0.05) is 12.1 Å². The highest BCUT2D eigenvalue weighted by Crippen LogP contribution is 2.35. The summed E-state index contributed by atoms with van der Waals surface area (Å²) < 4.78 is 19.2. The van der Waals surface area contributed by atoms with Gasteiger partial charge in [-0.25, -0.2) is 24.3 Å². The predicted molar refractivity (Wildman–Crippen MR) is 107 cm³/mol. The summed E-state index contributed by atoms with van der Waals surface area (Å²) in [4.78, 5) is 17.7. The summed E-state index contributed by atoms with van der Waals surface area (Å²) in [5.74, 6) is 1.83. The first-order valence-electron chi connectivity index (χ1n) is 8.89. The molecule has 0 radical (unpaired) electrons. The van der Waals surface area contributed by atoms with E-state index in [0.29, 0.717) is 35.3 Å². The lowest BCUT2D eigenvalue weighted by Crippen LogP contribution is -2.03. The number of rotatable bonds is 5. The Morgan fingerprint density at radius 2 is 1.71 bits per heavy atom. The van der Waals surface area contributed by atoms with Crippen molar-refractivity contribution >= 4 is 16.7 Å². The standard InChI is InChI=1S/C21H18FN5O/c1-3-28-17-12-14(13-5-7-15(22)8-6-13)11-16-18(17)26-21(27-19(16)23-2)20-24-9-4-10-25-20/h4-12H,3H2,1-2H3,(H,23,26,27). The molecule has 4 rings (SSSR count). The number of nitrogens with zero attached hydrogens (tertiary/aromatic N) is 4. The van der Waals surface area contributed by atoms with Crippen LogP contribution in [0, 0.1) is 5.82 Å². The van der Waals surface area contributed by atoms with E-state index in [1.165, 1.54) is 12.1 Å². The van der Waals surface area contributed by atoms with Crippen molar-refractivity contribution in [2.75, 3.05) is 19.0 Å². The maximum absolute atomic E-state index is 13.3. The van der Waals surface area contributed by atoms with Gasteiger partial charge in [0.15, 0.2) is 11.6 Å². The van der Waals surface area contributed by atoms with Crippen molar-refractivity contribution in [3.63, 3.8) is 0 Å². The molecular weight excluding hydrogens is 357 g/mol. The van der Waals surface area contributed by atoms with Crippen LogP contribution >= 0.6 is 0 Å². The summed E-state index contributed by atoms with van der Waals surface area (Å²) in [5.41, 5.74) is 2.43. The minimum absolute atomic E-state index is 0.277. The van der Waals surface area contributed by atoms with Crippen LogP contribution in [0.1, 0.15) is 6.92 Å². The minimum Gasteiger partial charge on any atom is -0.492 e. The van der Waals surface area contributed by atoms with E-state index in [-0.39, 0.29) is 5.82 Å². The van der Waals surface area contributed by atoms with Crippen molar-refractivity contribution in [2.45, 2.75) is 6.92 Å². The van der Waals surface area contributed by atoms with Gasteiger partial charge in [-0.15, -0.1) is 0 Å². The quantitative estimate of drug-likeness (QED) is 0.560. The second kappa shape index (κ2) is 7.56. The first kappa shape index (κ1) is 17.8. The number of hydrogen-bond acceptors (Lipinski definition) is 6. The monoisotopic (exact) mass is 375 g/mol. The summed E-state index contributed by atoms with van der Waals surface area (Å²) in [6.45, 7) is 2.40. The number of fused-ring (bicyclic) bond motifs is 1. The van der Waals surface area contributed by atoms with E-state index in [1.807, 2.05) is 19.1 Å². The number of hydrogen-bond donors (Lipinski definition) is 1. The normalized spacial score (nSPS) is 10.8. The van der Waals surface area contributed by atoms with Crippen LogP contribution in [-0.4, -0.2) is 33.6 Å². The SMILES string of the molecule is CCOc1cc(-c2ccc(F)cc2)cc2c(NC)nc(-c3ncccn3)nc12. The molecule has 0 bridgehead atoms. The fourth-order valence-corrected chi connectivity index (χ4v) is 2.98. The number of ether oxygens (including phenoxy) is 1. The van der Waals surface area contributed by atoms with Gasteiger partial charge >= 0.3 is 0 Å². The molecule has 0 amide bonds. The van der Waals surface area contributed by atoms with Crippen LogP contribution in [0.25, 0.3) is 33.7 Å². The van der Waals surface area contributed by atoms with E-state index in [1.54, 1.807) is 37.6 Å². The molecule has 2 aromatic carbocycles. The molecule has 0 atom stereocenters. The molecule has 6 nitrogen and oxygen atoms in total. The van der Waals surface area contributed by atoms with Crippen LogP contribution in [-0.2, 0) is 0 Å². The Balaban J connectivity index is 1.96. The van der Waals surface area contributed by atoms with Gasteiger partial charge in [0.25, 0.3) is 0 Å². The lowest BCUT2D eigenvalue weighted by Gasteiger charge is -2.14. The molecule has 0 aliphatic carbocycles. The predicted octanol–water partition coefficient (Wildman–Crippen LogP) is 4.33. The second-order valence-electron chi connectivity index (χ2n) is 6.03. The second-order valence-corrected chi connectivity index (χ2v) is 6.03. The molecule has 0 saturated heterocycles. The van der Waals surface area contributed by atoms with Crippen molar-refractivity contribution in [2.24, 2.45) is 0 Å². The van der Waals surface area contributed by atoms with Crippen LogP contribution < -0.4 is 10.1 Å². The molecule has 2 aromatic heterocycles. The van der Waals surface area contributed by atoms with E-state index >= 15 is 0 Å². The van der Waals surface area contributed by atoms with Gasteiger partial charge in [0.05, 0.1) is 6.61 Å². The summed E-state index contributed by atoms with van der Waals surface area (Å²) in [6, 6.07) is 11.9. The summed E-state index contributed by atoms with van der Waals surface area (Å²) in [5, 5.41) is 3.91. The zero-order chi connectivity index (χ0) is 19.5. The third kappa shape index (κ3) is 3.34. The van der Waals surface area contributed by atoms with E-state index in [0.717, 1.165) is 16.5 Å². The molecule has 28 heavy (non-hydrogen) atoms. The third-order valence-electron chi connectivity index (χ3n) is 4.25. The lowest BCUT2D eigenvalue weighted by molar-refractivity contribution is 0.344. The first-order valence-corrected chi connectivity index (χ1v) is 8.89. The molecule has 4 aromatic rings. The average Bonchev–Trinajstić information content (AvgIpc) is 2.74. The van der Waals surface area contributed by atoms with E-state index in [2.05, 4.69) is 25.3 Å². The number of anilines is 1. The Hall–Kier alpha value is -3.61. The number of aromatic nitrogens is 4. The zero-order valence-corrected chi connectivity index (χ0v) is 15.5. The molecule has 0 aliphatic heterocycles. The number of nitrogens with one attached hydrogen (secondary N) is 1. The Morgan fingerprint density at radius 3 is 2.39 bits per heavy atom. The molecule has 7 heteroatoms. The highest BCUT2D eigenvalue weighted by atomic mass is 19.1. The van der Waals surface area contributed by atoms with E-state index < -0.39 is 0 Å². The van der Waals surface area contributed by atoms with Crippen molar-refractivity contribution < 1.29 is 9.13 Å². The Bertz CT molecular complexity index is 1120. The maximum Gasteiger partial charge on any atom is 0.200 e. The molecular formula is C21H18FN5O. The van der Waals surface area contributed by atoms with E-state index in [9.17, 15) is 4.39 Å². The van der Waals surface area contributed by atoms with Crippen molar-refractivity contribution in [3.8, 4) is 28.5 Å². The van der Waals surface area contributed by atoms with Crippen LogP contribution in [0.4, 0.5) is 10.2 Å². The fraction of sp³-hybridized carbons (Fsp3) is 0.143. The Morgan fingerprint density at radius 1 is 0.964 bits per heavy atom. The summed E-state index contributed by atoms with van der Waals surface area (Å²) >= 11 is 0. The fourth-order valence-electron chi connectivity index (χ4n) is 2.98. The lowest BCUT2D eigenvalue weighted by atomic mass is 10.0. The number of halogens is 1. The Kier molecular flexibility index (Phi) is 4.80. The molecule has 0 unspecified atom stereocenters. The average molecular weight is 375 g/mol.